The molecule has 1 atom stereocenters. The highest BCUT2D eigenvalue weighted by molar-refractivity contribution is 5.78. The Hall–Kier alpha value is -1.69. The molecule has 0 radical (unpaired) electrons. The van der Waals surface area contributed by atoms with Crippen LogP contribution in [0.4, 0.5) is 8.78 Å². The second-order valence-electron chi connectivity index (χ2n) is 3.94. The second kappa shape index (κ2) is 5.30. The van der Waals surface area contributed by atoms with Crippen LogP contribution in [-0.2, 0) is 10.7 Å². The summed E-state index contributed by atoms with van der Waals surface area (Å²) in [7, 11) is 1.30. The highest BCUT2D eigenvalue weighted by Gasteiger charge is 2.34. The van der Waals surface area contributed by atoms with E-state index in [1.807, 2.05) is 0 Å². The van der Waals surface area contributed by atoms with E-state index in [9.17, 15) is 13.6 Å². The van der Waals surface area contributed by atoms with Gasteiger partial charge >= 0.3 is 5.97 Å². The molecule has 3 N–H and O–H groups in total. The molecular formula is C12H15F2NO3. The van der Waals surface area contributed by atoms with Crippen LogP contribution in [0, 0.1) is 0 Å². The van der Waals surface area contributed by atoms with Crippen molar-refractivity contribution in [3.05, 3.63) is 29.3 Å². The Morgan fingerprint density at radius 2 is 2.17 bits per heavy atom. The fourth-order valence-electron chi connectivity index (χ4n) is 1.81. The number of ether oxygens (including phenoxy) is 1. The van der Waals surface area contributed by atoms with Crippen LogP contribution < -0.4 is 10.5 Å². The second-order valence-corrected chi connectivity index (χ2v) is 3.94. The number of nitrogens with two attached hydrogens (primary N) is 1. The third kappa shape index (κ3) is 2.76. The molecule has 1 aromatic rings. The normalized spacial score (nSPS) is 13.2. The molecule has 0 aliphatic heterocycles. The molecular weight excluding hydrogens is 244 g/mol. The molecule has 0 saturated heterocycles. The van der Waals surface area contributed by atoms with Crippen LogP contribution in [0.5, 0.6) is 5.75 Å². The lowest BCUT2D eigenvalue weighted by molar-refractivity contribution is -0.138. The molecule has 0 bridgehead atoms. The Labute approximate surface area is 103 Å². The molecule has 0 heterocycles. The Morgan fingerprint density at radius 3 is 2.56 bits per heavy atom. The summed E-state index contributed by atoms with van der Waals surface area (Å²) in [6.07, 6.45) is 0. The number of carboxylic acid groups (broad SMARTS) is 1. The topological polar surface area (TPSA) is 72.5 Å². The van der Waals surface area contributed by atoms with Crippen molar-refractivity contribution in [3.8, 4) is 5.75 Å². The van der Waals surface area contributed by atoms with Crippen LogP contribution in [0.3, 0.4) is 0 Å². The van der Waals surface area contributed by atoms with Crippen molar-refractivity contribution < 1.29 is 23.4 Å². The molecule has 0 amide bonds. The summed E-state index contributed by atoms with van der Waals surface area (Å²) in [6.45, 7) is 0.430. The lowest BCUT2D eigenvalue weighted by atomic mass is 9.90. The van der Waals surface area contributed by atoms with E-state index in [0.717, 1.165) is 0 Å². The minimum absolute atomic E-state index is 0.0671. The minimum Gasteiger partial charge on any atom is -0.496 e. The van der Waals surface area contributed by atoms with Gasteiger partial charge in [-0.15, -0.1) is 0 Å². The highest BCUT2D eigenvalue weighted by atomic mass is 19.3. The first kappa shape index (κ1) is 14.4. The number of hydrogen-bond acceptors (Lipinski definition) is 3. The van der Waals surface area contributed by atoms with Crippen LogP contribution in [0.1, 0.15) is 24.0 Å². The van der Waals surface area contributed by atoms with Crippen molar-refractivity contribution in [1.82, 2.24) is 0 Å². The standard InChI is InChI=1S/C12H15F2NO3/c1-12(13,14)8-4-3-5-9(18-2)10(8)7(6-15)11(16)17/h3-5,7H,6,15H2,1-2H3,(H,16,17). The summed E-state index contributed by atoms with van der Waals surface area (Å²) in [6, 6.07) is 4.02. The number of benzene rings is 1. The van der Waals surface area contributed by atoms with Crippen LogP contribution >= 0.6 is 0 Å². The quantitative estimate of drug-likeness (QED) is 0.847. The van der Waals surface area contributed by atoms with E-state index in [1.54, 1.807) is 0 Å². The van der Waals surface area contributed by atoms with E-state index in [-0.39, 0.29) is 23.4 Å². The average Bonchev–Trinajstić information content (AvgIpc) is 2.28. The first-order chi connectivity index (χ1) is 8.32. The molecule has 4 nitrogen and oxygen atoms in total. The zero-order valence-corrected chi connectivity index (χ0v) is 10.1. The van der Waals surface area contributed by atoms with Crippen molar-refractivity contribution in [3.63, 3.8) is 0 Å². The van der Waals surface area contributed by atoms with Gasteiger partial charge in [0.2, 0.25) is 0 Å². The number of alkyl halides is 2. The van der Waals surface area contributed by atoms with Gasteiger partial charge in [0.05, 0.1) is 13.0 Å². The van der Waals surface area contributed by atoms with Crippen LogP contribution in [0.2, 0.25) is 0 Å². The molecule has 1 unspecified atom stereocenters. The number of hydrogen-bond donors (Lipinski definition) is 2. The maximum atomic E-state index is 13.5. The maximum absolute atomic E-state index is 13.5. The summed E-state index contributed by atoms with van der Waals surface area (Å²) in [5.74, 6) is -5.53. The highest BCUT2D eigenvalue weighted by Crippen LogP contribution is 2.38. The number of carboxylic acids is 1. The van der Waals surface area contributed by atoms with E-state index < -0.39 is 17.8 Å². The zero-order valence-electron chi connectivity index (χ0n) is 10.1. The van der Waals surface area contributed by atoms with E-state index in [4.69, 9.17) is 15.6 Å². The average molecular weight is 259 g/mol. The fraction of sp³-hybridized carbons (Fsp3) is 0.417. The number of methoxy groups -OCH3 is 1. The van der Waals surface area contributed by atoms with Gasteiger partial charge in [0.1, 0.15) is 5.75 Å². The van der Waals surface area contributed by atoms with Crippen molar-refractivity contribution in [2.45, 2.75) is 18.8 Å². The number of aliphatic carboxylic acids is 1. The van der Waals surface area contributed by atoms with Crippen molar-refractivity contribution >= 4 is 5.97 Å². The van der Waals surface area contributed by atoms with Gasteiger partial charge < -0.3 is 15.6 Å². The van der Waals surface area contributed by atoms with Gasteiger partial charge in [0.25, 0.3) is 5.92 Å². The lowest BCUT2D eigenvalue weighted by Gasteiger charge is -2.22. The molecule has 1 aromatic carbocycles. The molecule has 6 heteroatoms. The Balaban J connectivity index is 3.50. The Bertz CT molecular complexity index is 443. The SMILES string of the molecule is COc1cccc(C(C)(F)F)c1C(CN)C(=O)O. The molecule has 18 heavy (non-hydrogen) atoms. The summed E-state index contributed by atoms with van der Waals surface area (Å²) >= 11 is 0. The van der Waals surface area contributed by atoms with Gasteiger partial charge in [0.15, 0.2) is 0 Å². The van der Waals surface area contributed by atoms with Gasteiger partial charge in [-0.1, -0.05) is 12.1 Å². The van der Waals surface area contributed by atoms with E-state index >= 15 is 0 Å². The summed E-state index contributed by atoms with van der Waals surface area (Å²) in [5, 5.41) is 9.06. The number of halogens is 2. The van der Waals surface area contributed by atoms with Crippen LogP contribution in [-0.4, -0.2) is 24.7 Å². The lowest BCUT2D eigenvalue weighted by Crippen LogP contribution is -2.25. The van der Waals surface area contributed by atoms with Crippen LogP contribution in [0.15, 0.2) is 18.2 Å². The van der Waals surface area contributed by atoms with Crippen molar-refractivity contribution in [2.75, 3.05) is 13.7 Å². The molecule has 0 aliphatic carbocycles. The first-order valence-corrected chi connectivity index (χ1v) is 5.31. The van der Waals surface area contributed by atoms with Gasteiger partial charge in [0, 0.05) is 24.6 Å². The van der Waals surface area contributed by atoms with Gasteiger partial charge in [-0.2, -0.15) is 0 Å². The van der Waals surface area contributed by atoms with Crippen molar-refractivity contribution in [2.24, 2.45) is 5.73 Å². The first-order valence-electron chi connectivity index (χ1n) is 5.31. The zero-order chi connectivity index (χ0) is 13.9. The summed E-state index contributed by atoms with van der Waals surface area (Å²) in [4.78, 5) is 11.1. The predicted molar refractivity (Wildman–Crippen MR) is 62.0 cm³/mol. The van der Waals surface area contributed by atoms with Crippen LogP contribution in [0.25, 0.3) is 0 Å². The molecule has 0 aromatic heterocycles. The largest absolute Gasteiger partial charge is 0.496 e. The van der Waals surface area contributed by atoms with Gasteiger partial charge in [-0.3, -0.25) is 4.79 Å². The smallest absolute Gasteiger partial charge is 0.312 e. The minimum atomic E-state index is -3.16. The van der Waals surface area contributed by atoms with Crippen molar-refractivity contribution in [1.29, 1.82) is 0 Å². The van der Waals surface area contributed by atoms with Gasteiger partial charge in [-0.25, -0.2) is 8.78 Å². The summed E-state index contributed by atoms with van der Waals surface area (Å²) < 4.78 is 32.0. The predicted octanol–water partition coefficient (Wildman–Crippen LogP) is 1.93. The van der Waals surface area contributed by atoms with E-state index in [2.05, 4.69) is 0 Å². The molecule has 0 fully saturated rings. The molecule has 0 saturated carbocycles. The summed E-state index contributed by atoms with van der Waals surface area (Å²) in [5.41, 5.74) is 4.92. The van der Waals surface area contributed by atoms with Gasteiger partial charge in [-0.05, 0) is 6.07 Å². The fourth-order valence-corrected chi connectivity index (χ4v) is 1.81. The number of carbonyl (C=O) groups is 1. The molecule has 0 aliphatic rings. The third-order valence-corrected chi connectivity index (χ3v) is 2.64. The monoisotopic (exact) mass is 259 g/mol. The molecule has 1 rings (SSSR count). The molecule has 100 valence electrons. The maximum Gasteiger partial charge on any atom is 0.312 e. The molecule has 0 spiro atoms. The number of rotatable bonds is 5. The van der Waals surface area contributed by atoms with E-state index in [0.29, 0.717) is 6.92 Å². The third-order valence-electron chi connectivity index (χ3n) is 2.64. The Morgan fingerprint density at radius 1 is 1.56 bits per heavy atom. The Kier molecular flexibility index (Phi) is 4.24. The van der Waals surface area contributed by atoms with E-state index in [1.165, 1.54) is 25.3 Å².